The Bertz CT molecular complexity index is 884. The summed E-state index contributed by atoms with van der Waals surface area (Å²) in [5.41, 5.74) is 6.62. The fourth-order valence-corrected chi connectivity index (χ4v) is 4.18. The third-order valence-electron chi connectivity index (χ3n) is 5.80. The molecule has 30 heavy (non-hydrogen) atoms. The summed E-state index contributed by atoms with van der Waals surface area (Å²) in [6.45, 7) is 14.0. The Labute approximate surface area is 180 Å². The lowest BCUT2D eigenvalue weighted by molar-refractivity contribution is 0.201. The van der Waals surface area contributed by atoms with Gasteiger partial charge in [0.05, 0.1) is 7.11 Å². The second kappa shape index (κ2) is 9.37. The van der Waals surface area contributed by atoms with Crippen LogP contribution in [0.3, 0.4) is 0 Å². The van der Waals surface area contributed by atoms with Crippen molar-refractivity contribution in [3.05, 3.63) is 46.6 Å². The number of aromatic nitrogens is 1. The summed E-state index contributed by atoms with van der Waals surface area (Å²) in [5, 5.41) is 0. The van der Waals surface area contributed by atoms with Crippen molar-refractivity contribution in [1.82, 2.24) is 9.88 Å². The van der Waals surface area contributed by atoms with E-state index in [4.69, 9.17) is 4.74 Å². The standard InChI is InChI=1S/C24H34N4O2/c1-7-20-16-22(23(30-6)25-19(20)5)28(8-2)24(29)27-11-9-26(10-12-27)21-14-17(3)13-18(4)15-21/h13-16H,7-12H2,1-6H3. The molecular weight excluding hydrogens is 376 g/mol. The minimum Gasteiger partial charge on any atom is -0.480 e. The van der Waals surface area contributed by atoms with Crippen LogP contribution in [0.2, 0.25) is 0 Å². The molecule has 2 amide bonds. The molecule has 1 fully saturated rings. The fraction of sp³-hybridized carbons (Fsp3) is 0.500. The molecule has 0 saturated carbocycles. The summed E-state index contributed by atoms with van der Waals surface area (Å²) in [4.78, 5) is 24.1. The maximum atomic E-state index is 13.4. The summed E-state index contributed by atoms with van der Waals surface area (Å²) in [5.74, 6) is 0.508. The number of piperazine rings is 1. The van der Waals surface area contributed by atoms with Gasteiger partial charge in [-0.25, -0.2) is 9.78 Å². The van der Waals surface area contributed by atoms with E-state index in [1.54, 1.807) is 12.0 Å². The monoisotopic (exact) mass is 410 g/mol. The maximum Gasteiger partial charge on any atom is 0.324 e. The second-order valence-corrected chi connectivity index (χ2v) is 7.96. The van der Waals surface area contributed by atoms with E-state index in [-0.39, 0.29) is 6.03 Å². The van der Waals surface area contributed by atoms with Crippen LogP contribution in [0.5, 0.6) is 5.88 Å². The molecule has 6 nitrogen and oxygen atoms in total. The molecule has 0 N–H and O–H groups in total. The number of hydrogen-bond donors (Lipinski definition) is 0. The highest BCUT2D eigenvalue weighted by atomic mass is 16.5. The number of anilines is 2. The molecule has 162 valence electrons. The van der Waals surface area contributed by atoms with Crippen molar-refractivity contribution in [3.8, 4) is 5.88 Å². The lowest BCUT2D eigenvalue weighted by atomic mass is 10.1. The van der Waals surface area contributed by atoms with Gasteiger partial charge >= 0.3 is 6.03 Å². The van der Waals surface area contributed by atoms with Crippen LogP contribution in [0.25, 0.3) is 0 Å². The van der Waals surface area contributed by atoms with Gasteiger partial charge in [0.25, 0.3) is 0 Å². The summed E-state index contributed by atoms with van der Waals surface area (Å²) >= 11 is 0. The van der Waals surface area contributed by atoms with Gasteiger partial charge in [-0.1, -0.05) is 13.0 Å². The van der Waals surface area contributed by atoms with Gasteiger partial charge in [-0.15, -0.1) is 0 Å². The Balaban J connectivity index is 1.76. The number of hydrogen-bond acceptors (Lipinski definition) is 4. The molecule has 2 aromatic rings. The first-order chi connectivity index (χ1) is 14.4. The molecule has 0 unspecified atom stereocenters. The van der Waals surface area contributed by atoms with Crippen molar-refractivity contribution in [2.45, 2.75) is 41.0 Å². The first-order valence-corrected chi connectivity index (χ1v) is 10.8. The lowest BCUT2D eigenvalue weighted by Crippen LogP contribution is -2.53. The number of aryl methyl sites for hydroxylation is 4. The third-order valence-corrected chi connectivity index (χ3v) is 5.80. The van der Waals surface area contributed by atoms with E-state index in [1.165, 1.54) is 16.8 Å². The Hall–Kier alpha value is -2.76. The summed E-state index contributed by atoms with van der Waals surface area (Å²) in [6.07, 6.45) is 0.871. The average Bonchev–Trinajstić information content (AvgIpc) is 2.74. The van der Waals surface area contributed by atoms with Crippen molar-refractivity contribution < 1.29 is 9.53 Å². The van der Waals surface area contributed by atoms with Gasteiger partial charge in [-0.3, -0.25) is 4.90 Å². The molecule has 3 rings (SSSR count). The number of benzene rings is 1. The van der Waals surface area contributed by atoms with Gasteiger partial charge in [0, 0.05) is 44.1 Å². The quantitative estimate of drug-likeness (QED) is 0.735. The number of ether oxygens (including phenoxy) is 1. The minimum absolute atomic E-state index is 0.0172. The SMILES string of the molecule is CCc1cc(N(CC)C(=O)N2CCN(c3cc(C)cc(C)c3)CC2)c(OC)nc1C. The Kier molecular flexibility index (Phi) is 6.85. The molecule has 0 bridgehead atoms. The van der Waals surface area contributed by atoms with E-state index < -0.39 is 0 Å². The number of rotatable bonds is 5. The zero-order valence-corrected chi connectivity index (χ0v) is 19.2. The van der Waals surface area contributed by atoms with E-state index in [0.29, 0.717) is 25.5 Å². The normalized spacial score (nSPS) is 14.1. The highest BCUT2D eigenvalue weighted by Gasteiger charge is 2.28. The molecular formula is C24H34N4O2. The van der Waals surface area contributed by atoms with E-state index >= 15 is 0 Å². The summed E-state index contributed by atoms with van der Waals surface area (Å²) in [7, 11) is 1.61. The number of carbonyl (C=O) groups excluding carboxylic acids is 1. The first kappa shape index (κ1) is 21.9. The van der Waals surface area contributed by atoms with Crippen molar-refractivity contribution in [3.63, 3.8) is 0 Å². The molecule has 1 aromatic carbocycles. The molecule has 2 heterocycles. The minimum atomic E-state index is 0.0172. The fourth-order valence-electron chi connectivity index (χ4n) is 4.18. The largest absolute Gasteiger partial charge is 0.480 e. The Morgan fingerprint density at radius 3 is 2.20 bits per heavy atom. The number of amides is 2. The van der Waals surface area contributed by atoms with Crippen molar-refractivity contribution in [2.24, 2.45) is 0 Å². The Morgan fingerprint density at radius 2 is 1.67 bits per heavy atom. The first-order valence-electron chi connectivity index (χ1n) is 10.8. The van der Waals surface area contributed by atoms with Gasteiger partial charge in [0.15, 0.2) is 0 Å². The van der Waals surface area contributed by atoms with E-state index in [2.05, 4.69) is 48.9 Å². The van der Waals surface area contributed by atoms with Crippen molar-refractivity contribution in [1.29, 1.82) is 0 Å². The highest BCUT2D eigenvalue weighted by molar-refractivity contribution is 5.93. The summed E-state index contributed by atoms with van der Waals surface area (Å²) in [6, 6.07) is 8.70. The molecule has 1 aliphatic heterocycles. The van der Waals surface area contributed by atoms with Gasteiger partial charge in [0.1, 0.15) is 5.69 Å². The van der Waals surface area contributed by atoms with Crippen LogP contribution in [0.4, 0.5) is 16.2 Å². The zero-order chi connectivity index (χ0) is 21.8. The van der Waals surface area contributed by atoms with Gasteiger partial charge < -0.3 is 14.5 Å². The number of urea groups is 1. The van der Waals surface area contributed by atoms with E-state index in [0.717, 1.165) is 36.5 Å². The number of pyridine rings is 1. The van der Waals surface area contributed by atoms with E-state index in [9.17, 15) is 4.79 Å². The lowest BCUT2D eigenvalue weighted by Gasteiger charge is -2.38. The average molecular weight is 411 g/mol. The number of methoxy groups -OCH3 is 1. The third kappa shape index (κ3) is 4.53. The molecule has 1 aromatic heterocycles. The molecule has 1 aliphatic rings. The number of carbonyl (C=O) groups is 1. The van der Waals surface area contributed by atoms with Crippen LogP contribution in [-0.2, 0) is 6.42 Å². The predicted octanol–water partition coefficient (Wildman–Crippen LogP) is 4.35. The predicted molar refractivity (Wildman–Crippen MR) is 123 cm³/mol. The smallest absolute Gasteiger partial charge is 0.324 e. The molecule has 0 aliphatic carbocycles. The second-order valence-electron chi connectivity index (χ2n) is 7.96. The number of nitrogens with zero attached hydrogens (tertiary/aromatic N) is 4. The Morgan fingerprint density at radius 1 is 1.03 bits per heavy atom. The van der Waals surface area contributed by atoms with Crippen LogP contribution in [0, 0.1) is 20.8 Å². The molecule has 0 radical (unpaired) electrons. The van der Waals surface area contributed by atoms with Crippen LogP contribution in [-0.4, -0.2) is 55.7 Å². The van der Waals surface area contributed by atoms with Crippen LogP contribution in [0.1, 0.15) is 36.2 Å². The van der Waals surface area contributed by atoms with Crippen molar-refractivity contribution in [2.75, 3.05) is 49.6 Å². The molecule has 0 atom stereocenters. The van der Waals surface area contributed by atoms with Crippen LogP contribution in [0.15, 0.2) is 24.3 Å². The highest BCUT2D eigenvalue weighted by Crippen LogP contribution is 2.30. The van der Waals surface area contributed by atoms with E-state index in [1.807, 2.05) is 24.8 Å². The van der Waals surface area contributed by atoms with Gasteiger partial charge in [-0.05, 0) is 69.0 Å². The zero-order valence-electron chi connectivity index (χ0n) is 19.2. The van der Waals surface area contributed by atoms with Gasteiger partial charge in [-0.2, -0.15) is 0 Å². The molecule has 1 saturated heterocycles. The van der Waals surface area contributed by atoms with Gasteiger partial charge in [0.2, 0.25) is 5.88 Å². The maximum absolute atomic E-state index is 13.4. The summed E-state index contributed by atoms with van der Waals surface area (Å²) < 4.78 is 5.51. The topological polar surface area (TPSA) is 48.9 Å². The van der Waals surface area contributed by atoms with Crippen LogP contribution < -0.4 is 14.5 Å². The molecule has 6 heteroatoms. The van der Waals surface area contributed by atoms with Crippen LogP contribution >= 0.6 is 0 Å². The van der Waals surface area contributed by atoms with Crippen molar-refractivity contribution >= 4 is 17.4 Å². The molecule has 0 spiro atoms.